The first-order chi connectivity index (χ1) is 10.1. The van der Waals surface area contributed by atoms with Crippen LogP contribution in [0.1, 0.15) is 35.1 Å². The fourth-order valence-corrected chi connectivity index (χ4v) is 1.67. The molecule has 0 saturated carbocycles. The summed E-state index contributed by atoms with van der Waals surface area (Å²) in [4.78, 5) is 20.5. The molecule has 110 valence electrons. The Morgan fingerprint density at radius 3 is 2.76 bits per heavy atom. The number of anilines is 2. The van der Waals surface area contributed by atoms with E-state index in [9.17, 15) is 4.79 Å². The van der Waals surface area contributed by atoms with Gasteiger partial charge in [-0.25, -0.2) is 4.98 Å². The number of hydrogen-bond donors (Lipinski definition) is 2. The van der Waals surface area contributed by atoms with E-state index in [-0.39, 0.29) is 11.9 Å². The molecule has 2 N–H and O–H groups in total. The van der Waals surface area contributed by atoms with Crippen LogP contribution in [0.4, 0.5) is 11.6 Å². The number of hydrogen-bond acceptors (Lipinski definition) is 6. The molecule has 2 heterocycles. The first-order valence-electron chi connectivity index (χ1n) is 6.79. The Morgan fingerprint density at radius 1 is 1.24 bits per heavy atom. The SMILES string of the molecule is CCCNc1ccncc1C(=O)Nc1nnc(C)c(C)n1. The molecule has 7 nitrogen and oxygen atoms in total. The minimum atomic E-state index is -0.313. The molecule has 0 spiro atoms. The van der Waals surface area contributed by atoms with E-state index in [1.54, 1.807) is 12.3 Å². The van der Waals surface area contributed by atoms with Crippen LogP contribution in [-0.4, -0.2) is 32.6 Å². The van der Waals surface area contributed by atoms with Crippen molar-refractivity contribution in [3.05, 3.63) is 35.4 Å². The number of carbonyl (C=O) groups excluding carboxylic acids is 1. The molecule has 0 aliphatic carbocycles. The molecule has 2 aromatic heterocycles. The Hall–Kier alpha value is -2.57. The highest BCUT2D eigenvalue weighted by Crippen LogP contribution is 2.15. The Balaban J connectivity index is 2.18. The summed E-state index contributed by atoms with van der Waals surface area (Å²) in [5, 5.41) is 13.6. The van der Waals surface area contributed by atoms with E-state index < -0.39 is 0 Å². The Labute approximate surface area is 123 Å². The number of nitrogens with zero attached hydrogens (tertiary/aromatic N) is 4. The van der Waals surface area contributed by atoms with E-state index in [4.69, 9.17) is 0 Å². The van der Waals surface area contributed by atoms with Crippen LogP contribution in [0.3, 0.4) is 0 Å². The zero-order valence-corrected chi connectivity index (χ0v) is 12.3. The van der Waals surface area contributed by atoms with E-state index in [2.05, 4.69) is 37.7 Å². The normalized spacial score (nSPS) is 10.2. The maximum absolute atomic E-state index is 12.3. The number of aromatic nitrogens is 4. The lowest BCUT2D eigenvalue weighted by atomic mass is 10.2. The van der Waals surface area contributed by atoms with Crippen molar-refractivity contribution in [1.29, 1.82) is 0 Å². The van der Waals surface area contributed by atoms with E-state index in [0.717, 1.165) is 30.0 Å². The summed E-state index contributed by atoms with van der Waals surface area (Å²) < 4.78 is 0. The molecule has 0 bridgehead atoms. The number of carbonyl (C=O) groups is 1. The average molecular weight is 286 g/mol. The van der Waals surface area contributed by atoms with Gasteiger partial charge >= 0.3 is 0 Å². The second-order valence-corrected chi connectivity index (χ2v) is 4.61. The molecule has 0 atom stereocenters. The predicted molar refractivity (Wildman–Crippen MR) is 80.3 cm³/mol. The molecule has 0 aliphatic rings. The summed E-state index contributed by atoms with van der Waals surface area (Å²) in [5.41, 5.74) is 2.66. The van der Waals surface area contributed by atoms with Crippen molar-refractivity contribution < 1.29 is 4.79 Å². The fraction of sp³-hybridized carbons (Fsp3) is 0.357. The molecule has 7 heteroatoms. The van der Waals surface area contributed by atoms with Crippen molar-refractivity contribution in [1.82, 2.24) is 20.2 Å². The van der Waals surface area contributed by atoms with E-state index >= 15 is 0 Å². The van der Waals surface area contributed by atoms with Gasteiger partial charge < -0.3 is 5.32 Å². The van der Waals surface area contributed by atoms with Crippen LogP contribution >= 0.6 is 0 Å². The summed E-state index contributed by atoms with van der Waals surface area (Å²) in [7, 11) is 0. The molecule has 0 radical (unpaired) electrons. The number of aryl methyl sites for hydroxylation is 2. The minimum absolute atomic E-state index is 0.188. The van der Waals surface area contributed by atoms with Gasteiger partial charge in [0.05, 0.1) is 22.6 Å². The summed E-state index contributed by atoms with van der Waals surface area (Å²) in [6.45, 7) is 6.47. The first kappa shape index (κ1) is 14.8. The van der Waals surface area contributed by atoms with Gasteiger partial charge in [0.1, 0.15) is 0 Å². The van der Waals surface area contributed by atoms with Crippen molar-refractivity contribution in [2.45, 2.75) is 27.2 Å². The summed E-state index contributed by atoms with van der Waals surface area (Å²) in [6, 6.07) is 1.77. The fourth-order valence-electron chi connectivity index (χ4n) is 1.67. The molecule has 21 heavy (non-hydrogen) atoms. The summed E-state index contributed by atoms with van der Waals surface area (Å²) in [6.07, 6.45) is 4.12. The van der Waals surface area contributed by atoms with Crippen LogP contribution in [0.25, 0.3) is 0 Å². The maximum Gasteiger partial charge on any atom is 0.261 e. The number of nitrogens with one attached hydrogen (secondary N) is 2. The molecule has 2 aromatic rings. The van der Waals surface area contributed by atoms with Gasteiger partial charge in [-0.3, -0.25) is 15.1 Å². The quantitative estimate of drug-likeness (QED) is 0.872. The zero-order valence-electron chi connectivity index (χ0n) is 12.3. The van der Waals surface area contributed by atoms with Crippen molar-refractivity contribution >= 4 is 17.5 Å². The van der Waals surface area contributed by atoms with Crippen LogP contribution in [0.15, 0.2) is 18.5 Å². The highest BCUT2D eigenvalue weighted by atomic mass is 16.1. The lowest BCUT2D eigenvalue weighted by molar-refractivity contribution is 0.102. The zero-order chi connectivity index (χ0) is 15.2. The average Bonchev–Trinajstić information content (AvgIpc) is 2.49. The van der Waals surface area contributed by atoms with Gasteiger partial charge in [0.2, 0.25) is 5.95 Å². The lowest BCUT2D eigenvalue weighted by Crippen LogP contribution is -2.18. The van der Waals surface area contributed by atoms with E-state index in [0.29, 0.717) is 5.56 Å². The molecule has 2 rings (SSSR count). The molecule has 0 saturated heterocycles. The maximum atomic E-state index is 12.3. The number of amides is 1. The van der Waals surface area contributed by atoms with Crippen molar-refractivity contribution in [3.8, 4) is 0 Å². The topological polar surface area (TPSA) is 92.7 Å². The highest BCUT2D eigenvalue weighted by Gasteiger charge is 2.13. The monoisotopic (exact) mass is 286 g/mol. The van der Waals surface area contributed by atoms with Crippen LogP contribution in [0, 0.1) is 13.8 Å². The van der Waals surface area contributed by atoms with Crippen LogP contribution in [0.5, 0.6) is 0 Å². The predicted octanol–water partition coefficient (Wildman–Crippen LogP) is 1.96. The molecule has 0 fully saturated rings. The largest absolute Gasteiger partial charge is 0.384 e. The highest BCUT2D eigenvalue weighted by molar-refractivity contribution is 6.06. The second kappa shape index (κ2) is 6.74. The lowest BCUT2D eigenvalue weighted by Gasteiger charge is -2.10. The van der Waals surface area contributed by atoms with Gasteiger partial charge in [0.25, 0.3) is 5.91 Å². The third kappa shape index (κ3) is 3.71. The Bertz CT molecular complexity index is 643. The number of rotatable bonds is 5. The molecule has 0 unspecified atom stereocenters. The van der Waals surface area contributed by atoms with Gasteiger partial charge in [-0.05, 0) is 26.3 Å². The third-order valence-corrected chi connectivity index (χ3v) is 2.95. The number of pyridine rings is 1. The van der Waals surface area contributed by atoms with Gasteiger partial charge in [-0.1, -0.05) is 6.92 Å². The van der Waals surface area contributed by atoms with Gasteiger partial charge in [0, 0.05) is 18.9 Å². The van der Waals surface area contributed by atoms with Crippen molar-refractivity contribution in [3.63, 3.8) is 0 Å². The Morgan fingerprint density at radius 2 is 2.05 bits per heavy atom. The van der Waals surface area contributed by atoms with Crippen LogP contribution in [-0.2, 0) is 0 Å². The minimum Gasteiger partial charge on any atom is -0.384 e. The van der Waals surface area contributed by atoms with Crippen LogP contribution < -0.4 is 10.6 Å². The molecular formula is C14H18N6O. The van der Waals surface area contributed by atoms with Gasteiger partial charge in [0.15, 0.2) is 0 Å². The molecule has 0 aromatic carbocycles. The Kier molecular flexibility index (Phi) is 4.76. The van der Waals surface area contributed by atoms with Gasteiger partial charge in [-0.2, -0.15) is 5.10 Å². The van der Waals surface area contributed by atoms with E-state index in [1.165, 1.54) is 6.20 Å². The van der Waals surface area contributed by atoms with Gasteiger partial charge in [-0.15, -0.1) is 5.10 Å². The smallest absolute Gasteiger partial charge is 0.261 e. The van der Waals surface area contributed by atoms with Crippen LogP contribution in [0.2, 0.25) is 0 Å². The molecule has 1 amide bonds. The molecular weight excluding hydrogens is 268 g/mol. The van der Waals surface area contributed by atoms with E-state index in [1.807, 2.05) is 13.8 Å². The van der Waals surface area contributed by atoms with Crippen molar-refractivity contribution in [2.75, 3.05) is 17.2 Å². The standard InChI is InChI=1S/C14H18N6O/c1-4-6-16-12-5-7-15-8-11(12)13(21)18-14-17-9(2)10(3)19-20-14/h5,7-8H,4,6H2,1-3H3,(H,15,16)(H,17,18,20,21). The summed E-state index contributed by atoms with van der Waals surface area (Å²) in [5.74, 6) is -0.125. The van der Waals surface area contributed by atoms with Crippen molar-refractivity contribution in [2.24, 2.45) is 0 Å². The first-order valence-corrected chi connectivity index (χ1v) is 6.79. The molecule has 0 aliphatic heterocycles. The second-order valence-electron chi connectivity index (χ2n) is 4.61. The third-order valence-electron chi connectivity index (χ3n) is 2.95. The summed E-state index contributed by atoms with van der Waals surface area (Å²) >= 11 is 0.